The first-order valence-electron chi connectivity index (χ1n) is 6.32. The Morgan fingerprint density at radius 2 is 1.44 bits per heavy atom. The van der Waals surface area contributed by atoms with Crippen LogP contribution >= 0.6 is 0 Å². The van der Waals surface area contributed by atoms with Crippen molar-refractivity contribution in [2.45, 2.75) is 21.6 Å². The van der Waals surface area contributed by atoms with Gasteiger partial charge in [-0.25, -0.2) is 16.8 Å². The van der Waals surface area contributed by atoms with E-state index in [2.05, 4.69) is 10.8 Å². The van der Waals surface area contributed by atoms with Crippen LogP contribution in [0.2, 0.25) is 0 Å². The van der Waals surface area contributed by atoms with E-state index < -0.39 is 45.0 Å². The monoisotopic (exact) mass is 484 g/mol. The van der Waals surface area contributed by atoms with Crippen LogP contribution in [0.3, 0.4) is 0 Å². The zero-order chi connectivity index (χ0) is 19.2. The third-order valence-corrected chi connectivity index (χ3v) is 6.41. The van der Waals surface area contributed by atoms with Gasteiger partial charge in [0.05, 0.1) is 9.79 Å². The Labute approximate surface area is 242 Å². The van der Waals surface area contributed by atoms with Gasteiger partial charge in [-0.2, -0.15) is 8.42 Å². The van der Waals surface area contributed by atoms with Gasteiger partial charge in [-0.3, -0.25) is 0 Å². The van der Waals surface area contributed by atoms with E-state index in [0.29, 0.717) is 6.07 Å². The van der Waals surface area contributed by atoms with Crippen LogP contribution in [0.15, 0.2) is 57.4 Å². The van der Waals surface area contributed by atoms with Crippen molar-refractivity contribution in [2.75, 3.05) is 0 Å². The summed E-state index contributed by atoms with van der Waals surface area (Å²) in [7, 11) is -16.1. The van der Waals surface area contributed by atoms with Crippen LogP contribution in [0.4, 0.5) is 0 Å². The van der Waals surface area contributed by atoms with Crippen LogP contribution in [-0.2, 0) is 34.5 Å². The number of hydrogen-bond acceptors (Lipinski definition) is 9. The van der Waals surface area contributed by atoms with Crippen molar-refractivity contribution < 1.29 is 141 Å². The van der Waals surface area contributed by atoms with Gasteiger partial charge in [-0.15, -0.1) is 0 Å². The van der Waals surface area contributed by atoms with E-state index in [4.69, 9.17) is 0 Å². The second-order valence-corrected chi connectivity index (χ2v) is 9.05. The summed E-state index contributed by atoms with van der Waals surface area (Å²) in [4.78, 5) is -4.37. The molecule has 0 saturated carbocycles. The smallest absolute Gasteiger partial charge is 0.744 e. The fraction of sp³-hybridized carbons (Fsp3) is 0.0769. The van der Waals surface area contributed by atoms with E-state index in [0.717, 1.165) is 13.0 Å². The number of hydrogen-bond donors (Lipinski definition) is 0. The van der Waals surface area contributed by atoms with Gasteiger partial charge in [0.2, 0.25) is 0 Å². The summed E-state index contributed by atoms with van der Waals surface area (Å²) in [6, 6.07) is 5.73. The summed E-state index contributed by atoms with van der Waals surface area (Å²) in [6.45, 7) is 4.34. The number of allylic oxidation sites excluding steroid dienone is 1. The molecular formula is C13H10K2O9S3. The maximum Gasteiger partial charge on any atom is 1.00 e. The molecule has 0 fully saturated rings. The van der Waals surface area contributed by atoms with Gasteiger partial charge in [0.25, 0.3) is 0 Å². The van der Waals surface area contributed by atoms with Crippen LogP contribution in [0, 0.1) is 0 Å². The average molecular weight is 485 g/mol. The fourth-order valence-electron chi connectivity index (χ4n) is 2.17. The summed E-state index contributed by atoms with van der Waals surface area (Å²) in [6.07, 6.45) is 0. The molecule has 2 aromatic rings. The van der Waals surface area contributed by atoms with Crippen LogP contribution in [0.25, 0.3) is 10.8 Å². The summed E-state index contributed by atoms with van der Waals surface area (Å²) in [5.74, 6) is -0.367. The van der Waals surface area contributed by atoms with Crippen molar-refractivity contribution in [1.29, 1.82) is 0 Å². The molecule has 0 aromatic heterocycles. The van der Waals surface area contributed by atoms with Gasteiger partial charge in [0.15, 0.2) is 0 Å². The van der Waals surface area contributed by atoms with E-state index in [-0.39, 0.29) is 119 Å². The Kier molecular flexibility index (Phi) is 10.5. The maximum atomic E-state index is 12.4. The largest absolute Gasteiger partial charge is 1.00 e. The minimum Gasteiger partial charge on any atom is -0.744 e. The van der Waals surface area contributed by atoms with Gasteiger partial charge in [-0.1, -0.05) is 30.8 Å². The molecule has 2 aromatic carbocycles. The molecular weight excluding hydrogens is 475 g/mol. The first-order valence-corrected chi connectivity index (χ1v) is 10.5. The molecule has 0 aliphatic rings. The topological polar surface area (TPSA) is 158 Å². The molecule has 0 heterocycles. The molecule has 0 bridgehead atoms. The van der Waals surface area contributed by atoms with E-state index in [1.54, 1.807) is 0 Å². The summed E-state index contributed by atoms with van der Waals surface area (Å²) in [5.41, 5.74) is 0. The van der Waals surface area contributed by atoms with Crippen molar-refractivity contribution >= 4 is 41.1 Å². The minimum absolute atomic E-state index is 0. The Morgan fingerprint density at radius 3 is 1.89 bits per heavy atom. The Bertz CT molecular complexity index is 1200. The predicted octanol–water partition coefficient (Wildman–Crippen LogP) is -5.11. The number of fused-ring (bicyclic) bond motifs is 1. The molecule has 0 unspecified atom stereocenters. The Morgan fingerprint density at radius 1 is 0.926 bits per heavy atom. The molecule has 14 heteroatoms. The molecule has 0 atom stereocenters. The number of benzene rings is 2. The van der Waals surface area contributed by atoms with E-state index in [1.807, 2.05) is 0 Å². The van der Waals surface area contributed by atoms with Crippen molar-refractivity contribution in [1.82, 2.24) is 0 Å². The summed E-state index contributed by atoms with van der Waals surface area (Å²) < 4.78 is 98.4. The van der Waals surface area contributed by atoms with Crippen LogP contribution < -0.4 is 103 Å². The van der Waals surface area contributed by atoms with Crippen molar-refractivity contribution in [3.63, 3.8) is 0 Å². The van der Waals surface area contributed by atoms with E-state index >= 15 is 0 Å². The predicted molar refractivity (Wildman–Crippen MR) is 83.0 cm³/mol. The first kappa shape index (κ1) is 28.3. The molecule has 0 spiro atoms. The SMILES string of the molecule is C=C(C)OS(=O)(=O)c1c(S(=O)(=O)[O-])c(S(=O)(=O)[O-])cc2ccccc12.[K+].[K+]. The van der Waals surface area contributed by atoms with Crippen LogP contribution in [0.1, 0.15) is 6.92 Å². The standard InChI is InChI=1S/C13H12O9S3.2K/c1-8(2)22-25(20,21)12-10-6-4-3-5-9(10)7-11(23(14,15)16)13(12)24(17,18)19;;/h3-7H,1H2,2H3,(H,14,15,16)(H,17,18,19);;/q;2*+1/p-2. The maximum absolute atomic E-state index is 12.4. The molecule has 0 aliphatic carbocycles. The molecule has 136 valence electrons. The molecule has 0 aliphatic heterocycles. The average Bonchev–Trinajstić information content (AvgIpc) is 2.41. The zero-order valence-electron chi connectivity index (χ0n) is 14.5. The normalized spacial score (nSPS) is 12.0. The number of rotatable bonds is 5. The van der Waals surface area contributed by atoms with Gasteiger partial charge in [0.1, 0.15) is 30.9 Å². The quantitative estimate of drug-likeness (QED) is 0.175. The second-order valence-electron chi connectivity index (χ2n) is 4.90. The second kappa shape index (κ2) is 10.1. The zero-order valence-corrected chi connectivity index (χ0v) is 23.2. The molecule has 27 heavy (non-hydrogen) atoms. The summed E-state index contributed by atoms with van der Waals surface area (Å²) in [5, 5.41) is -0.390. The minimum atomic E-state index is -5.68. The molecule has 9 nitrogen and oxygen atoms in total. The molecule has 0 amide bonds. The van der Waals surface area contributed by atoms with Crippen LogP contribution in [-0.4, -0.2) is 34.4 Å². The van der Waals surface area contributed by atoms with Gasteiger partial charge < -0.3 is 13.3 Å². The molecule has 0 saturated heterocycles. The van der Waals surface area contributed by atoms with Crippen molar-refractivity contribution in [2.24, 2.45) is 0 Å². The van der Waals surface area contributed by atoms with Gasteiger partial charge in [-0.05, 0) is 18.4 Å². The molecule has 0 radical (unpaired) electrons. The summed E-state index contributed by atoms with van der Waals surface area (Å²) >= 11 is 0. The third kappa shape index (κ3) is 6.63. The fourth-order valence-corrected chi connectivity index (χ4v) is 5.95. The molecule has 2 rings (SSSR count). The van der Waals surface area contributed by atoms with Crippen molar-refractivity contribution in [3.05, 3.63) is 42.7 Å². The van der Waals surface area contributed by atoms with Gasteiger partial charge >= 0.3 is 113 Å². The Balaban J connectivity index is 0.00000338. The van der Waals surface area contributed by atoms with Crippen LogP contribution in [0.5, 0.6) is 0 Å². The first-order chi connectivity index (χ1) is 11.2. The Hall–Kier alpha value is 1.28. The van der Waals surface area contributed by atoms with Gasteiger partial charge in [0, 0.05) is 5.39 Å². The van der Waals surface area contributed by atoms with E-state index in [9.17, 15) is 34.4 Å². The molecule has 0 N–H and O–H groups in total. The van der Waals surface area contributed by atoms with Crippen molar-refractivity contribution in [3.8, 4) is 0 Å². The van der Waals surface area contributed by atoms with E-state index in [1.165, 1.54) is 18.2 Å². The third-order valence-electron chi connectivity index (χ3n) is 2.94.